The van der Waals surface area contributed by atoms with E-state index in [-0.39, 0.29) is 28.8 Å². The Morgan fingerprint density at radius 3 is 2.56 bits per heavy atom. The van der Waals surface area contributed by atoms with Gasteiger partial charge in [0.2, 0.25) is 0 Å². The number of halogens is 1. The molecule has 0 fully saturated rings. The number of nitrogens with zero attached hydrogens (tertiary/aromatic N) is 2. The molecule has 1 heterocycles. The Balaban J connectivity index is 1.93. The van der Waals surface area contributed by atoms with Gasteiger partial charge in [-0.25, -0.2) is 4.98 Å². The van der Waals surface area contributed by atoms with Crippen LogP contribution in [0.15, 0.2) is 58.5 Å². The van der Waals surface area contributed by atoms with Crippen LogP contribution in [-0.2, 0) is 16.1 Å². The van der Waals surface area contributed by atoms with E-state index in [1.807, 2.05) is 0 Å². The van der Waals surface area contributed by atoms with Crippen molar-refractivity contribution in [2.45, 2.75) is 11.7 Å². The van der Waals surface area contributed by atoms with Crippen molar-refractivity contribution < 1.29 is 14.3 Å². The van der Waals surface area contributed by atoms with E-state index in [2.05, 4.69) is 9.72 Å². The highest BCUT2D eigenvalue weighted by atomic mass is 35.5. The van der Waals surface area contributed by atoms with Crippen LogP contribution in [0.4, 0.5) is 0 Å². The van der Waals surface area contributed by atoms with Gasteiger partial charge in [-0.2, -0.15) is 0 Å². The highest BCUT2D eigenvalue weighted by Gasteiger charge is 2.16. The molecule has 0 saturated heterocycles. The predicted molar refractivity (Wildman–Crippen MR) is 105 cm³/mol. The highest BCUT2D eigenvalue weighted by Crippen LogP contribution is 2.20. The second-order valence-corrected chi connectivity index (χ2v) is 6.98. The lowest BCUT2D eigenvalue weighted by Crippen LogP contribution is -2.27. The van der Waals surface area contributed by atoms with Crippen molar-refractivity contribution in [3.8, 4) is 0 Å². The zero-order valence-corrected chi connectivity index (χ0v) is 15.9. The smallest absolute Gasteiger partial charge is 0.325 e. The minimum Gasteiger partial charge on any atom is -0.468 e. The third kappa shape index (κ3) is 4.37. The molecule has 27 heavy (non-hydrogen) atoms. The first-order chi connectivity index (χ1) is 13.0. The number of fused-ring (bicyclic) bond motifs is 1. The summed E-state index contributed by atoms with van der Waals surface area (Å²) in [6, 6.07) is 13.4. The molecule has 0 aliphatic heterocycles. The molecule has 0 unspecified atom stereocenters. The zero-order valence-electron chi connectivity index (χ0n) is 14.3. The normalized spacial score (nSPS) is 10.7. The largest absolute Gasteiger partial charge is 0.468 e. The van der Waals surface area contributed by atoms with Crippen LogP contribution in [-0.4, -0.2) is 34.2 Å². The van der Waals surface area contributed by atoms with E-state index in [9.17, 15) is 14.4 Å². The van der Waals surface area contributed by atoms with Gasteiger partial charge in [0.05, 0.1) is 23.8 Å². The lowest BCUT2D eigenvalue weighted by Gasteiger charge is -2.12. The van der Waals surface area contributed by atoms with E-state index >= 15 is 0 Å². The van der Waals surface area contributed by atoms with E-state index in [1.165, 1.54) is 11.7 Å². The first kappa shape index (κ1) is 19.1. The lowest BCUT2D eigenvalue weighted by molar-refractivity contribution is -0.141. The van der Waals surface area contributed by atoms with E-state index in [4.69, 9.17) is 11.6 Å². The van der Waals surface area contributed by atoms with Crippen LogP contribution in [0.2, 0.25) is 5.02 Å². The fourth-order valence-corrected chi connectivity index (χ4v) is 3.46. The summed E-state index contributed by atoms with van der Waals surface area (Å²) < 4.78 is 5.90. The Kier molecular flexibility index (Phi) is 5.93. The van der Waals surface area contributed by atoms with Crippen LogP contribution in [0.5, 0.6) is 0 Å². The fraction of sp³-hybridized carbons (Fsp3) is 0.158. The minimum absolute atomic E-state index is 0.0631. The number of ketones is 1. The second kappa shape index (κ2) is 8.37. The number of benzene rings is 2. The summed E-state index contributed by atoms with van der Waals surface area (Å²) in [5.41, 5.74) is 0.659. The van der Waals surface area contributed by atoms with E-state index < -0.39 is 5.97 Å². The molecular formula is C19H15ClN2O4S. The molecule has 0 aliphatic carbocycles. The summed E-state index contributed by atoms with van der Waals surface area (Å²) in [6.07, 6.45) is 0. The summed E-state index contributed by atoms with van der Waals surface area (Å²) >= 11 is 6.93. The summed E-state index contributed by atoms with van der Waals surface area (Å²) in [6.45, 7) is -0.273. The summed E-state index contributed by atoms with van der Waals surface area (Å²) in [7, 11) is 1.25. The monoisotopic (exact) mass is 402 g/mol. The van der Waals surface area contributed by atoms with Gasteiger partial charge >= 0.3 is 5.97 Å². The summed E-state index contributed by atoms with van der Waals surface area (Å²) in [5.74, 6) is -0.642. The zero-order chi connectivity index (χ0) is 19.4. The van der Waals surface area contributed by atoms with Crippen molar-refractivity contribution in [3.05, 3.63) is 69.5 Å². The van der Waals surface area contributed by atoms with Gasteiger partial charge in [-0.3, -0.25) is 19.0 Å². The fourth-order valence-electron chi connectivity index (χ4n) is 2.44. The maximum absolute atomic E-state index is 12.8. The maximum Gasteiger partial charge on any atom is 0.325 e. The number of methoxy groups -OCH3 is 1. The Morgan fingerprint density at radius 1 is 1.15 bits per heavy atom. The average molecular weight is 403 g/mol. The number of aromatic nitrogens is 2. The Bertz CT molecular complexity index is 1060. The summed E-state index contributed by atoms with van der Waals surface area (Å²) in [5, 5.41) is 1.23. The van der Waals surface area contributed by atoms with Crippen molar-refractivity contribution in [3.63, 3.8) is 0 Å². The molecule has 0 spiro atoms. The third-order valence-electron chi connectivity index (χ3n) is 3.84. The standard InChI is InChI=1S/C19H15ClN2O4S/c1-26-17(24)10-22-18(25)14-4-2-3-5-15(14)21-19(22)27-11-16(23)12-6-8-13(20)9-7-12/h2-9H,10-11H2,1H3. The van der Waals surface area contributed by atoms with Gasteiger partial charge in [-0.15, -0.1) is 0 Å². The van der Waals surface area contributed by atoms with E-state index in [0.29, 0.717) is 21.5 Å². The van der Waals surface area contributed by atoms with Gasteiger partial charge in [0.15, 0.2) is 10.9 Å². The number of rotatable bonds is 6. The first-order valence-electron chi connectivity index (χ1n) is 7.97. The van der Waals surface area contributed by atoms with Crippen molar-refractivity contribution in [1.29, 1.82) is 0 Å². The molecule has 8 heteroatoms. The van der Waals surface area contributed by atoms with Crippen molar-refractivity contribution in [1.82, 2.24) is 9.55 Å². The Hall–Kier alpha value is -2.64. The molecule has 138 valence electrons. The van der Waals surface area contributed by atoms with Crippen LogP contribution in [0, 0.1) is 0 Å². The Morgan fingerprint density at radius 2 is 1.85 bits per heavy atom. The van der Waals surface area contributed by atoms with Gasteiger partial charge in [0.25, 0.3) is 5.56 Å². The molecule has 0 saturated carbocycles. The van der Waals surface area contributed by atoms with Gasteiger partial charge in [0.1, 0.15) is 6.54 Å². The molecule has 1 aromatic heterocycles. The van der Waals surface area contributed by atoms with Crippen LogP contribution in [0.3, 0.4) is 0 Å². The summed E-state index contributed by atoms with van der Waals surface area (Å²) in [4.78, 5) is 41.3. The first-order valence-corrected chi connectivity index (χ1v) is 9.34. The maximum atomic E-state index is 12.8. The van der Waals surface area contributed by atoms with Gasteiger partial charge < -0.3 is 4.74 Å². The number of para-hydroxylation sites is 1. The molecule has 0 amide bonds. The number of hydrogen-bond donors (Lipinski definition) is 0. The number of hydrogen-bond acceptors (Lipinski definition) is 6. The molecule has 0 bridgehead atoms. The molecule has 0 N–H and O–H groups in total. The van der Waals surface area contributed by atoms with Crippen molar-refractivity contribution >= 4 is 46.0 Å². The average Bonchev–Trinajstić information content (AvgIpc) is 2.69. The predicted octanol–water partition coefficient (Wildman–Crippen LogP) is 3.20. The van der Waals surface area contributed by atoms with Crippen LogP contribution >= 0.6 is 23.4 Å². The van der Waals surface area contributed by atoms with Gasteiger partial charge in [-0.1, -0.05) is 35.5 Å². The number of carbonyl (C=O) groups excluding carboxylic acids is 2. The lowest BCUT2D eigenvalue weighted by atomic mass is 10.1. The molecule has 0 atom stereocenters. The topological polar surface area (TPSA) is 78.3 Å². The molecular weight excluding hydrogens is 388 g/mol. The number of Topliss-reactive ketones (excluding diaryl/α,β-unsaturated/α-hetero) is 1. The van der Waals surface area contributed by atoms with E-state index in [0.717, 1.165) is 11.8 Å². The number of carbonyl (C=O) groups is 2. The van der Waals surface area contributed by atoms with Crippen molar-refractivity contribution in [2.75, 3.05) is 12.9 Å². The second-order valence-electron chi connectivity index (χ2n) is 5.60. The number of esters is 1. The molecule has 0 radical (unpaired) electrons. The van der Waals surface area contributed by atoms with Gasteiger partial charge in [-0.05, 0) is 36.4 Å². The van der Waals surface area contributed by atoms with E-state index in [1.54, 1.807) is 48.5 Å². The number of thioether (sulfide) groups is 1. The molecule has 3 rings (SSSR count). The molecule has 2 aromatic carbocycles. The molecule has 3 aromatic rings. The van der Waals surface area contributed by atoms with Gasteiger partial charge in [0, 0.05) is 10.6 Å². The SMILES string of the molecule is COC(=O)Cn1c(SCC(=O)c2ccc(Cl)cc2)nc2ccccc2c1=O. The third-order valence-corrected chi connectivity index (χ3v) is 5.07. The number of ether oxygens (including phenoxy) is 1. The minimum atomic E-state index is -0.569. The molecule has 0 aliphatic rings. The Labute approximate surface area is 164 Å². The van der Waals surface area contributed by atoms with Crippen LogP contribution < -0.4 is 5.56 Å². The highest BCUT2D eigenvalue weighted by molar-refractivity contribution is 7.99. The van der Waals surface area contributed by atoms with Crippen molar-refractivity contribution in [2.24, 2.45) is 0 Å². The van der Waals surface area contributed by atoms with Crippen LogP contribution in [0.25, 0.3) is 10.9 Å². The molecule has 6 nitrogen and oxygen atoms in total. The van der Waals surface area contributed by atoms with Crippen LogP contribution in [0.1, 0.15) is 10.4 Å². The quantitative estimate of drug-likeness (QED) is 0.273.